The first-order valence-electron chi connectivity index (χ1n) is 7.47. The van der Waals surface area contributed by atoms with Crippen LogP contribution in [0.3, 0.4) is 0 Å². The van der Waals surface area contributed by atoms with E-state index in [1.165, 1.54) is 36.5 Å². The zero-order valence-electron chi connectivity index (χ0n) is 12.7. The Balaban J connectivity index is 2.26. The van der Waals surface area contributed by atoms with Gasteiger partial charge in [0.2, 0.25) is 0 Å². The first-order valence-corrected chi connectivity index (χ1v) is 8.35. The lowest BCUT2D eigenvalue weighted by Crippen LogP contribution is -2.43. The molecule has 0 spiro atoms. The Morgan fingerprint density at radius 3 is 2.84 bits per heavy atom. The van der Waals surface area contributed by atoms with Gasteiger partial charge in [-0.1, -0.05) is 20.8 Å². The highest BCUT2D eigenvalue weighted by atomic mass is 32.1. The van der Waals surface area contributed by atoms with Gasteiger partial charge in [0.05, 0.1) is 11.2 Å². The first kappa shape index (κ1) is 14.9. The number of likely N-dealkylation sites (tertiary alicyclic amines) is 1. The maximum absolute atomic E-state index is 4.93. The van der Waals surface area contributed by atoms with Crippen LogP contribution in [0.15, 0.2) is 5.38 Å². The lowest BCUT2D eigenvalue weighted by Gasteiger charge is -2.31. The van der Waals surface area contributed by atoms with Crippen LogP contribution >= 0.6 is 11.3 Å². The fraction of sp³-hybridized carbons (Fsp3) is 0.800. The molecule has 0 bridgehead atoms. The Morgan fingerprint density at radius 1 is 1.42 bits per heavy atom. The Kier molecular flexibility index (Phi) is 4.98. The second-order valence-electron chi connectivity index (χ2n) is 6.00. The Hall–Kier alpha value is -0.450. The lowest BCUT2D eigenvalue weighted by atomic mass is 9.91. The van der Waals surface area contributed by atoms with E-state index >= 15 is 0 Å². The van der Waals surface area contributed by atoms with E-state index in [0.29, 0.717) is 5.92 Å². The summed E-state index contributed by atoms with van der Waals surface area (Å²) in [7, 11) is 2.23. The van der Waals surface area contributed by atoms with Crippen LogP contribution in [0.25, 0.3) is 0 Å². The van der Waals surface area contributed by atoms with Crippen LogP contribution in [0.5, 0.6) is 0 Å². The Morgan fingerprint density at radius 2 is 2.21 bits per heavy atom. The van der Waals surface area contributed by atoms with Gasteiger partial charge >= 0.3 is 0 Å². The number of nitrogens with zero attached hydrogens (tertiary/aromatic N) is 2. The van der Waals surface area contributed by atoms with Gasteiger partial charge < -0.3 is 10.2 Å². The minimum atomic E-state index is 0.108. The molecule has 1 aromatic heterocycles. The largest absolute Gasteiger partial charge is 0.306 e. The van der Waals surface area contributed by atoms with E-state index in [1.807, 2.05) is 11.3 Å². The van der Waals surface area contributed by atoms with Gasteiger partial charge in [-0.3, -0.25) is 0 Å². The topological polar surface area (TPSA) is 28.2 Å². The van der Waals surface area contributed by atoms with Crippen LogP contribution < -0.4 is 5.32 Å². The molecule has 0 amide bonds. The van der Waals surface area contributed by atoms with Crippen molar-refractivity contribution in [3.8, 4) is 0 Å². The minimum absolute atomic E-state index is 0.108. The molecule has 1 aliphatic heterocycles. The predicted octanol–water partition coefficient (Wildman–Crippen LogP) is 3.19. The molecule has 1 aromatic rings. The summed E-state index contributed by atoms with van der Waals surface area (Å²) in [6.07, 6.45) is 3.62. The summed E-state index contributed by atoms with van der Waals surface area (Å²) < 4.78 is 0. The van der Waals surface area contributed by atoms with E-state index < -0.39 is 0 Å². The third-order valence-electron chi connectivity index (χ3n) is 4.10. The molecular weight excluding hydrogens is 254 g/mol. The maximum atomic E-state index is 4.93. The summed E-state index contributed by atoms with van der Waals surface area (Å²) in [5, 5.41) is 7.29. The third-order valence-corrected chi connectivity index (χ3v) is 5.17. The lowest BCUT2D eigenvalue weighted by molar-refractivity contribution is 0.283. The van der Waals surface area contributed by atoms with Gasteiger partial charge in [-0.25, -0.2) is 4.98 Å². The highest BCUT2D eigenvalue weighted by molar-refractivity contribution is 7.09. The van der Waals surface area contributed by atoms with E-state index in [9.17, 15) is 0 Å². The molecule has 1 saturated heterocycles. The number of hydrogen-bond acceptors (Lipinski definition) is 4. The normalized spacial score (nSPS) is 25.7. The molecular formula is C15H27N3S. The van der Waals surface area contributed by atoms with Crippen molar-refractivity contribution < 1.29 is 0 Å². The fourth-order valence-corrected chi connectivity index (χ4v) is 4.06. The van der Waals surface area contributed by atoms with E-state index in [4.69, 9.17) is 4.98 Å². The molecule has 1 atom stereocenters. The van der Waals surface area contributed by atoms with Crippen LogP contribution in [0, 0.1) is 0 Å². The van der Waals surface area contributed by atoms with Gasteiger partial charge in [0.25, 0.3) is 0 Å². The van der Waals surface area contributed by atoms with Crippen molar-refractivity contribution in [2.75, 3.05) is 26.7 Å². The molecule has 1 fully saturated rings. The average Bonchev–Trinajstić information content (AvgIpc) is 2.79. The van der Waals surface area contributed by atoms with Gasteiger partial charge in [0.1, 0.15) is 5.01 Å². The highest BCUT2D eigenvalue weighted by Crippen LogP contribution is 2.35. The minimum Gasteiger partial charge on any atom is -0.306 e. The molecule has 0 aromatic carbocycles. The molecule has 1 unspecified atom stereocenters. The number of hydrogen-bond donors (Lipinski definition) is 1. The van der Waals surface area contributed by atoms with Crippen molar-refractivity contribution >= 4 is 11.3 Å². The van der Waals surface area contributed by atoms with Gasteiger partial charge in [-0.2, -0.15) is 0 Å². The summed E-state index contributed by atoms with van der Waals surface area (Å²) in [5.74, 6) is 0.525. The van der Waals surface area contributed by atoms with Gasteiger partial charge in [-0.05, 0) is 45.3 Å². The number of aromatic nitrogens is 1. The van der Waals surface area contributed by atoms with Crippen LogP contribution in [-0.2, 0) is 5.54 Å². The summed E-state index contributed by atoms with van der Waals surface area (Å²) in [4.78, 5) is 7.37. The number of nitrogens with one attached hydrogen (secondary N) is 1. The molecule has 2 heterocycles. The fourth-order valence-electron chi connectivity index (χ4n) is 2.85. The summed E-state index contributed by atoms with van der Waals surface area (Å²) in [6.45, 7) is 10.0. The van der Waals surface area contributed by atoms with Crippen molar-refractivity contribution in [2.24, 2.45) is 0 Å². The molecule has 3 nitrogen and oxygen atoms in total. The van der Waals surface area contributed by atoms with E-state index in [1.54, 1.807) is 0 Å². The molecule has 108 valence electrons. The number of thiazole rings is 1. The molecule has 2 rings (SSSR count). The first-order chi connectivity index (χ1) is 9.07. The second-order valence-corrected chi connectivity index (χ2v) is 6.86. The number of rotatable bonds is 4. The molecule has 4 heteroatoms. The standard InChI is InChI=1S/C15H27N3S/c1-5-16-15(7-6-9-18(4)10-8-15)14-17-13(11-19-14)12(2)3/h11-12,16H,5-10H2,1-4H3. The molecule has 0 radical (unpaired) electrons. The molecule has 0 saturated carbocycles. The zero-order chi connectivity index (χ0) is 13.9. The SMILES string of the molecule is CCNC1(c2nc(C(C)C)cs2)CCCN(C)CC1. The van der Waals surface area contributed by atoms with Crippen LogP contribution in [0.4, 0.5) is 0 Å². The monoisotopic (exact) mass is 281 g/mol. The van der Waals surface area contributed by atoms with Crippen molar-refractivity contribution in [3.05, 3.63) is 16.1 Å². The zero-order valence-corrected chi connectivity index (χ0v) is 13.5. The Labute approximate surface area is 121 Å². The molecule has 0 aliphatic carbocycles. The average molecular weight is 281 g/mol. The highest BCUT2D eigenvalue weighted by Gasteiger charge is 2.35. The van der Waals surface area contributed by atoms with Crippen LogP contribution in [0.1, 0.15) is 56.7 Å². The summed E-state index contributed by atoms with van der Waals surface area (Å²) in [6, 6.07) is 0. The van der Waals surface area contributed by atoms with Gasteiger partial charge in [0, 0.05) is 11.9 Å². The van der Waals surface area contributed by atoms with Crippen molar-refractivity contribution in [3.63, 3.8) is 0 Å². The quantitative estimate of drug-likeness (QED) is 0.918. The predicted molar refractivity (Wildman–Crippen MR) is 82.9 cm³/mol. The van der Waals surface area contributed by atoms with Crippen molar-refractivity contribution in [1.29, 1.82) is 0 Å². The molecule has 1 N–H and O–H groups in total. The smallest absolute Gasteiger partial charge is 0.113 e. The Bertz CT molecular complexity index is 402. The van der Waals surface area contributed by atoms with Crippen LogP contribution in [0.2, 0.25) is 0 Å². The van der Waals surface area contributed by atoms with E-state index in [0.717, 1.165) is 13.1 Å². The second kappa shape index (κ2) is 6.33. The van der Waals surface area contributed by atoms with E-state index in [2.05, 4.69) is 43.4 Å². The third kappa shape index (κ3) is 3.36. The van der Waals surface area contributed by atoms with Crippen molar-refractivity contribution in [1.82, 2.24) is 15.2 Å². The van der Waals surface area contributed by atoms with Gasteiger partial charge in [0.15, 0.2) is 0 Å². The van der Waals surface area contributed by atoms with Gasteiger partial charge in [-0.15, -0.1) is 11.3 Å². The molecule has 1 aliphatic rings. The summed E-state index contributed by atoms with van der Waals surface area (Å²) in [5.41, 5.74) is 1.35. The van der Waals surface area contributed by atoms with E-state index in [-0.39, 0.29) is 5.54 Å². The van der Waals surface area contributed by atoms with Crippen molar-refractivity contribution in [2.45, 2.75) is 51.5 Å². The van der Waals surface area contributed by atoms with Crippen LogP contribution in [-0.4, -0.2) is 36.6 Å². The maximum Gasteiger partial charge on any atom is 0.113 e. The summed E-state index contributed by atoms with van der Waals surface area (Å²) >= 11 is 1.84. The molecule has 19 heavy (non-hydrogen) atoms.